The van der Waals surface area contributed by atoms with Gasteiger partial charge in [0.1, 0.15) is 4.90 Å². The molecular weight excluding hydrogens is 448 g/mol. The van der Waals surface area contributed by atoms with Crippen LogP contribution in [0.3, 0.4) is 0 Å². The Hall–Kier alpha value is -3.40. The highest BCUT2D eigenvalue weighted by atomic mass is 32.2. The number of anilines is 1. The molecule has 1 saturated heterocycles. The van der Waals surface area contributed by atoms with Crippen molar-refractivity contribution in [1.29, 1.82) is 0 Å². The summed E-state index contributed by atoms with van der Waals surface area (Å²) in [6.07, 6.45) is 0.943. The summed E-state index contributed by atoms with van der Waals surface area (Å²) in [6.45, 7) is 0.177. The SMILES string of the molecule is COC(=O)C1CCN(C(=O)COC(=O)c2ccccc2S(=O)(=O)N(C)c2ccccc2)CC1. The lowest BCUT2D eigenvalue weighted by Crippen LogP contribution is -2.42. The molecule has 2 aromatic rings. The van der Waals surface area contributed by atoms with E-state index in [0.29, 0.717) is 31.6 Å². The van der Waals surface area contributed by atoms with Gasteiger partial charge in [0, 0.05) is 20.1 Å². The summed E-state index contributed by atoms with van der Waals surface area (Å²) in [5.74, 6) is -1.87. The number of rotatable bonds is 7. The zero-order valence-corrected chi connectivity index (χ0v) is 19.3. The van der Waals surface area contributed by atoms with Crippen LogP contribution in [0.2, 0.25) is 0 Å². The van der Waals surface area contributed by atoms with E-state index in [-0.39, 0.29) is 22.3 Å². The van der Waals surface area contributed by atoms with Crippen molar-refractivity contribution in [3.8, 4) is 0 Å². The fourth-order valence-electron chi connectivity index (χ4n) is 3.61. The van der Waals surface area contributed by atoms with Crippen LogP contribution in [0, 0.1) is 5.92 Å². The van der Waals surface area contributed by atoms with Crippen LogP contribution in [0.4, 0.5) is 5.69 Å². The molecule has 1 heterocycles. The average Bonchev–Trinajstić information content (AvgIpc) is 2.86. The molecule has 1 fully saturated rings. The third-order valence-electron chi connectivity index (χ3n) is 5.57. The number of piperidine rings is 1. The minimum absolute atomic E-state index is 0.155. The Morgan fingerprint density at radius 1 is 1.00 bits per heavy atom. The largest absolute Gasteiger partial charge is 0.469 e. The molecule has 0 saturated carbocycles. The lowest BCUT2D eigenvalue weighted by Gasteiger charge is -2.30. The monoisotopic (exact) mass is 474 g/mol. The predicted octanol–water partition coefficient (Wildman–Crippen LogP) is 2.08. The Balaban J connectivity index is 1.67. The van der Waals surface area contributed by atoms with Crippen molar-refractivity contribution in [3.63, 3.8) is 0 Å². The van der Waals surface area contributed by atoms with Crippen LogP contribution in [0.15, 0.2) is 59.5 Å². The minimum Gasteiger partial charge on any atom is -0.469 e. The molecule has 1 aliphatic rings. The van der Waals surface area contributed by atoms with Crippen molar-refractivity contribution in [2.45, 2.75) is 17.7 Å². The number of sulfonamides is 1. The number of ether oxygens (including phenoxy) is 2. The molecule has 1 aliphatic heterocycles. The van der Waals surface area contributed by atoms with Crippen LogP contribution < -0.4 is 4.31 Å². The van der Waals surface area contributed by atoms with E-state index in [1.807, 2.05) is 0 Å². The molecule has 0 spiro atoms. The highest BCUT2D eigenvalue weighted by Crippen LogP contribution is 2.25. The van der Waals surface area contributed by atoms with E-state index in [0.717, 1.165) is 4.31 Å². The number of methoxy groups -OCH3 is 1. The first-order valence-electron chi connectivity index (χ1n) is 10.4. The lowest BCUT2D eigenvalue weighted by atomic mass is 9.97. The van der Waals surface area contributed by atoms with Crippen LogP contribution in [0.5, 0.6) is 0 Å². The third kappa shape index (κ3) is 5.51. The van der Waals surface area contributed by atoms with Gasteiger partial charge in [0.25, 0.3) is 15.9 Å². The molecule has 9 nitrogen and oxygen atoms in total. The number of carbonyl (C=O) groups is 3. The normalized spacial score (nSPS) is 14.4. The van der Waals surface area contributed by atoms with Gasteiger partial charge in [-0.1, -0.05) is 30.3 Å². The fourth-order valence-corrected chi connectivity index (χ4v) is 4.99. The number of para-hydroxylation sites is 1. The standard InChI is InChI=1S/C23H26N2O7S/c1-24(18-8-4-3-5-9-18)33(29,30)20-11-7-6-10-19(20)23(28)32-16-21(26)25-14-12-17(13-15-25)22(27)31-2/h3-11,17H,12-16H2,1-2H3. The van der Waals surface area contributed by atoms with Gasteiger partial charge in [-0.3, -0.25) is 13.9 Å². The predicted molar refractivity (Wildman–Crippen MR) is 120 cm³/mol. The van der Waals surface area contributed by atoms with Gasteiger partial charge in [-0.2, -0.15) is 0 Å². The van der Waals surface area contributed by atoms with Gasteiger partial charge in [0.2, 0.25) is 0 Å². The summed E-state index contributed by atoms with van der Waals surface area (Å²) < 4.78 is 37.3. The van der Waals surface area contributed by atoms with Crippen LogP contribution in [0.1, 0.15) is 23.2 Å². The van der Waals surface area contributed by atoms with Crippen molar-refractivity contribution in [2.24, 2.45) is 5.92 Å². The zero-order chi connectivity index (χ0) is 24.0. The smallest absolute Gasteiger partial charge is 0.340 e. The maximum absolute atomic E-state index is 13.2. The number of benzene rings is 2. The van der Waals surface area contributed by atoms with Crippen LogP contribution in [-0.2, 0) is 29.1 Å². The number of nitrogens with zero attached hydrogens (tertiary/aromatic N) is 2. The number of esters is 2. The molecule has 0 bridgehead atoms. The van der Waals surface area contributed by atoms with Crippen LogP contribution in [0.25, 0.3) is 0 Å². The third-order valence-corrected chi connectivity index (χ3v) is 7.42. The molecule has 0 radical (unpaired) electrons. The maximum Gasteiger partial charge on any atom is 0.340 e. The molecule has 10 heteroatoms. The van der Waals surface area contributed by atoms with Gasteiger partial charge in [0.15, 0.2) is 6.61 Å². The molecule has 33 heavy (non-hydrogen) atoms. The molecule has 3 rings (SSSR count). The van der Waals surface area contributed by atoms with E-state index in [1.54, 1.807) is 30.3 Å². The lowest BCUT2D eigenvalue weighted by molar-refractivity contribution is -0.149. The molecular formula is C23H26N2O7S. The Morgan fingerprint density at radius 3 is 2.24 bits per heavy atom. The van der Waals surface area contributed by atoms with Crippen molar-refractivity contribution >= 4 is 33.6 Å². The van der Waals surface area contributed by atoms with Gasteiger partial charge in [-0.25, -0.2) is 13.2 Å². The van der Waals surface area contributed by atoms with Gasteiger partial charge < -0.3 is 14.4 Å². The van der Waals surface area contributed by atoms with E-state index in [2.05, 4.69) is 0 Å². The van der Waals surface area contributed by atoms with E-state index < -0.39 is 28.5 Å². The van der Waals surface area contributed by atoms with Crippen molar-refractivity contribution in [3.05, 3.63) is 60.2 Å². The number of likely N-dealkylation sites (tertiary alicyclic amines) is 1. The molecule has 0 aromatic heterocycles. The minimum atomic E-state index is -4.05. The summed E-state index contributed by atoms with van der Waals surface area (Å²) in [7, 11) is -1.32. The first kappa shape index (κ1) is 24.2. The Morgan fingerprint density at radius 2 is 1.61 bits per heavy atom. The second-order valence-electron chi connectivity index (χ2n) is 7.56. The quantitative estimate of drug-likeness (QED) is 0.565. The molecule has 2 aromatic carbocycles. The van der Waals surface area contributed by atoms with Crippen molar-refractivity contribution in [2.75, 3.05) is 38.2 Å². The second kappa shape index (κ2) is 10.5. The van der Waals surface area contributed by atoms with Gasteiger partial charge in [-0.05, 0) is 37.1 Å². The zero-order valence-electron chi connectivity index (χ0n) is 18.5. The summed E-state index contributed by atoms with van der Waals surface area (Å²) in [4.78, 5) is 38.1. The van der Waals surface area contributed by atoms with E-state index >= 15 is 0 Å². The maximum atomic E-state index is 13.2. The van der Waals surface area contributed by atoms with Crippen molar-refractivity contribution < 1.29 is 32.3 Å². The Kier molecular flexibility index (Phi) is 7.70. The van der Waals surface area contributed by atoms with Gasteiger partial charge in [0.05, 0.1) is 24.3 Å². The van der Waals surface area contributed by atoms with Gasteiger partial charge >= 0.3 is 11.9 Å². The number of hydrogen-bond acceptors (Lipinski definition) is 7. The number of carbonyl (C=O) groups excluding carboxylic acids is 3. The van der Waals surface area contributed by atoms with Crippen molar-refractivity contribution in [1.82, 2.24) is 4.90 Å². The highest BCUT2D eigenvalue weighted by Gasteiger charge is 2.30. The Labute approximate surface area is 192 Å². The highest BCUT2D eigenvalue weighted by molar-refractivity contribution is 7.92. The van der Waals surface area contributed by atoms with E-state index in [1.165, 1.54) is 43.3 Å². The Bertz CT molecular complexity index is 1110. The van der Waals surface area contributed by atoms with Crippen LogP contribution >= 0.6 is 0 Å². The number of amides is 1. The summed E-state index contributed by atoms with van der Waals surface area (Å²) in [6, 6.07) is 14.2. The first-order valence-corrected chi connectivity index (χ1v) is 11.9. The molecule has 1 amide bonds. The summed E-state index contributed by atoms with van der Waals surface area (Å²) in [5.41, 5.74) is 0.281. The van der Waals surface area contributed by atoms with E-state index in [9.17, 15) is 22.8 Å². The average molecular weight is 475 g/mol. The molecule has 176 valence electrons. The number of hydrogen-bond donors (Lipinski definition) is 0. The van der Waals surface area contributed by atoms with Crippen LogP contribution in [-0.4, -0.2) is 65.0 Å². The summed E-state index contributed by atoms with van der Waals surface area (Å²) >= 11 is 0. The van der Waals surface area contributed by atoms with E-state index in [4.69, 9.17) is 9.47 Å². The molecule has 0 unspecified atom stereocenters. The molecule has 0 aliphatic carbocycles. The summed E-state index contributed by atoms with van der Waals surface area (Å²) in [5, 5.41) is 0. The molecule has 0 N–H and O–H groups in total. The first-order chi connectivity index (χ1) is 15.8. The topological polar surface area (TPSA) is 110 Å². The molecule has 0 atom stereocenters. The second-order valence-corrected chi connectivity index (χ2v) is 9.50. The fraction of sp³-hybridized carbons (Fsp3) is 0.348. The van der Waals surface area contributed by atoms with Gasteiger partial charge in [-0.15, -0.1) is 0 Å².